The van der Waals surface area contributed by atoms with Crippen LogP contribution < -0.4 is 20.1 Å². The molecule has 0 saturated heterocycles. The Morgan fingerprint density at radius 2 is 1.67 bits per heavy atom. The number of hydrogen-bond acceptors (Lipinski definition) is 7. The van der Waals surface area contributed by atoms with E-state index >= 15 is 4.39 Å². The minimum Gasteiger partial charge on any atom is -0.441 e. The van der Waals surface area contributed by atoms with E-state index in [1.165, 1.54) is 0 Å². The number of ether oxygens (including phenoxy) is 2. The Morgan fingerprint density at radius 1 is 1.05 bits per heavy atom. The number of alkyl carbamates (subject to hydrolysis) is 1. The summed E-state index contributed by atoms with van der Waals surface area (Å²) in [4.78, 5) is 11.0. The van der Waals surface area contributed by atoms with Crippen molar-refractivity contribution in [2.75, 3.05) is 5.32 Å². The number of amides is 1. The number of carbonyl (C=O) groups is 1. The molecule has 0 heterocycles. The van der Waals surface area contributed by atoms with E-state index < -0.39 is 75.1 Å². The van der Waals surface area contributed by atoms with Gasteiger partial charge in [-0.2, -0.15) is 17.9 Å². The van der Waals surface area contributed by atoms with Crippen molar-refractivity contribution in [3.05, 3.63) is 53.8 Å². The molecule has 1 saturated carbocycles. The van der Waals surface area contributed by atoms with Crippen molar-refractivity contribution in [3.63, 3.8) is 0 Å². The number of rotatable bonds is 11. The molecule has 0 aromatic heterocycles. The standard InChI is InChI=1S/C26H30F7N3O6S/c1-15(25(28,29)30)36-43(39,40)21-12-18(27)19(13-20(21)42-26(31,32)33)35-23(37)22(17-10-6-3-7-11-17)41-24(38)34-14-16-8-4-2-5-9-16/h2,4-5,8-9,12-13,15,17,22-23,35-37H,3,6-7,10-11,14H2,1H3,(H,34,38)/t15-,22-,23-/m0/s1. The average Bonchev–Trinajstić information content (AvgIpc) is 2.91. The van der Waals surface area contributed by atoms with E-state index in [-0.39, 0.29) is 18.7 Å². The van der Waals surface area contributed by atoms with Gasteiger partial charge in [-0.15, -0.1) is 13.2 Å². The highest BCUT2D eigenvalue weighted by atomic mass is 32.2. The van der Waals surface area contributed by atoms with Gasteiger partial charge in [0.05, 0.1) is 5.69 Å². The molecule has 43 heavy (non-hydrogen) atoms. The number of aliphatic hydroxyl groups is 1. The molecule has 1 fully saturated rings. The van der Waals surface area contributed by atoms with Crippen molar-refractivity contribution < 1.29 is 58.5 Å². The minimum atomic E-state index is -5.53. The number of anilines is 1. The fraction of sp³-hybridized carbons (Fsp3) is 0.500. The first-order chi connectivity index (χ1) is 20.0. The summed E-state index contributed by atoms with van der Waals surface area (Å²) in [6.07, 6.45) is -11.5. The predicted octanol–water partition coefficient (Wildman–Crippen LogP) is 5.56. The van der Waals surface area contributed by atoms with Gasteiger partial charge in [0.1, 0.15) is 16.8 Å². The SMILES string of the molecule is C[C@H](NS(=O)(=O)c1cc(F)c(N[C@@H](O)[C@@H](OC(=O)NCc2ccccc2)C2CCCCC2)cc1OC(F)(F)F)C(F)(F)F. The van der Waals surface area contributed by atoms with Gasteiger partial charge < -0.3 is 25.2 Å². The summed E-state index contributed by atoms with van der Waals surface area (Å²) in [6, 6.07) is 6.25. The summed E-state index contributed by atoms with van der Waals surface area (Å²) in [5.74, 6) is -3.55. The van der Waals surface area contributed by atoms with Crippen molar-refractivity contribution in [2.24, 2.45) is 5.92 Å². The molecule has 3 atom stereocenters. The molecule has 240 valence electrons. The monoisotopic (exact) mass is 645 g/mol. The van der Waals surface area contributed by atoms with Crippen LogP contribution in [0.25, 0.3) is 0 Å². The van der Waals surface area contributed by atoms with Crippen LogP contribution in [-0.4, -0.2) is 50.5 Å². The highest BCUT2D eigenvalue weighted by Gasteiger charge is 2.41. The zero-order valence-electron chi connectivity index (χ0n) is 22.6. The third-order valence-electron chi connectivity index (χ3n) is 6.62. The third kappa shape index (κ3) is 10.1. The van der Waals surface area contributed by atoms with Crippen LogP contribution in [0.1, 0.15) is 44.6 Å². The van der Waals surface area contributed by atoms with Crippen LogP contribution in [0, 0.1) is 11.7 Å². The maximum absolute atomic E-state index is 15.1. The number of hydrogen-bond donors (Lipinski definition) is 4. The fourth-order valence-corrected chi connectivity index (χ4v) is 5.83. The van der Waals surface area contributed by atoms with Gasteiger partial charge in [0.25, 0.3) is 0 Å². The topological polar surface area (TPSA) is 126 Å². The van der Waals surface area contributed by atoms with Crippen LogP contribution in [0.5, 0.6) is 5.75 Å². The number of sulfonamides is 1. The summed E-state index contributed by atoms with van der Waals surface area (Å²) in [5, 5.41) is 15.6. The normalized spacial score (nSPS) is 17.0. The van der Waals surface area contributed by atoms with Gasteiger partial charge in [-0.1, -0.05) is 49.6 Å². The van der Waals surface area contributed by atoms with Crippen LogP contribution in [0.15, 0.2) is 47.4 Å². The summed E-state index contributed by atoms with van der Waals surface area (Å²) < 4.78 is 128. The molecule has 1 amide bonds. The van der Waals surface area contributed by atoms with Gasteiger partial charge in [-0.05, 0) is 31.4 Å². The lowest BCUT2D eigenvalue weighted by Gasteiger charge is -2.33. The molecule has 1 aliphatic carbocycles. The number of nitrogens with one attached hydrogen (secondary N) is 3. The predicted molar refractivity (Wildman–Crippen MR) is 139 cm³/mol. The number of halogens is 7. The molecule has 2 aromatic rings. The maximum atomic E-state index is 15.1. The van der Waals surface area contributed by atoms with Crippen molar-refractivity contribution in [1.82, 2.24) is 10.0 Å². The molecule has 1 aliphatic rings. The Bertz CT molecular complexity index is 1340. The summed E-state index contributed by atoms with van der Waals surface area (Å²) in [5.41, 5.74) is -0.163. The lowest BCUT2D eigenvalue weighted by molar-refractivity contribution is -0.275. The van der Waals surface area contributed by atoms with E-state index in [4.69, 9.17) is 4.74 Å². The van der Waals surface area contributed by atoms with Gasteiger partial charge >= 0.3 is 18.6 Å². The van der Waals surface area contributed by atoms with Crippen LogP contribution in [0.2, 0.25) is 0 Å². The van der Waals surface area contributed by atoms with E-state index in [2.05, 4.69) is 15.4 Å². The lowest BCUT2D eigenvalue weighted by Crippen LogP contribution is -2.45. The van der Waals surface area contributed by atoms with Crippen LogP contribution in [0.4, 0.5) is 41.2 Å². The first-order valence-corrected chi connectivity index (χ1v) is 14.6. The minimum absolute atomic E-state index is 0.0184. The molecule has 0 radical (unpaired) electrons. The summed E-state index contributed by atoms with van der Waals surface area (Å²) in [7, 11) is -5.39. The van der Waals surface area contributed by atoms with E-state index in [1.54, 1.807) is 30.3 Å². The van der Waals surface area contributed by atoms with Gasteiger partial charge in [0, 0.05) is 18.5 Å². The van der Waals surface area contributed by atoms with Crippen molar-refractivity contribution >= 4 is 21.8 Å². The van der Waals surface area contributed by atoms with E-state index in [0.29, 0.717) is 19.8 Å². The van der Waals surface area contributed by atoms with Crippen LogP contribution in [0.3, 0.4) is 0 Å². The van der Waals surface area contributed by atoms with E-state index in [1.807, 2.05) is 0 Å². The Morgan fingerprint density at radius 3 is 2.26 bits per heavy atom. The number of carbonyl (C=O) groups excluding carboxylic acids is 1. The second-order valence-electron chi connectivity index (χ2n) is 9.91. The van der Waals surface area contributed by atoms with E-state index in [9.17, 15) is 44.7 Å². The smallest absolute Gasteiger partial charge is 0.441 e. The highest BCUT2D eigenvalue weighted by Crippen LogP contribution is 2.36. The van der Waals surface area contributed by atoms with Gasteiger partial charge in [0.15, 0.2) is 18.1 Å². The molecule has 0 unspecified atom stereocenters. The molecular formula is C26H30F7N3O6S. The molecular weight excluding hydrogens is 615 g/mol. The Kier molecular flexibility index (Phi) is 11.1. The average molecular weight is 646 g/mol. The first kappa shape index (κ1) is 34.2. The summed E-state index contributed by atoms with van der Waals surface area (Å²) in [6.45, 7) is 0.468. The van der Waals surface area contributed by atoms with Gasteiger partial charge in [-0.25, -0.2) is 17.6 Å². The molecule has 4 N–H and O–H groups in total. The molecule has 3 rings (SSSR count). The van der Waals surface area contributed by atoms with Crippen LogP contribution >= 0.6 is 0 Å². The third-order valence-corrected chi connectivity index (χ3v) is 8.19. The fourth-order valence-electron chi connectivity index (χ4n) is 4.48. The summed E-state index contributed by atoms with van der Waals surface area (Å²) >= 11 is 0. The molecule has 9 nitrogen and oxygen atoms in total. The maximum Gasteiger partial charge on any atom is 0.573 e. The second kappa shape index (κ2) is 14.0. The highest BCUT2D eigenvalue weighted by molar-refractivity contribution is 7.89. The molecule has 17 heteroatoms. The molecule has 0 spiro atoms. The largest absolute Gasteiger partial charge is 0.573 e. The number of alkyl halides is 6. The van der Waals surface area contributed by atoms with Crippen LogP contribution in [-0.2, 0) is 21.3 Å². The van der Waals surface area contributed by atoms with Crippen molar-refractivity contribution in [3.8, 4) is 5.75 Å². The van der Waals surface area contributed by atoms with Gasteiger partial charge in [0.2, 0.25) is 10.0 Å². The quantitative estimate of drug-likeness (QED) is 0.186. The lowest BCUT2D eigenvalue weighted by atomic mass is 9.84. The molecule has 2 aromatic carbocycles. The second-order valence-corrected chi connectivity index (χ2v) is 11.6. The zero-order chi connectivity index (χ0) is 32.0. The zero-order valence-corrected chi connectivity index (χ0v) is 23.5. The Labute approximate surface area is 242 Å². The Balaban J connectivity index is 1.88. The van der Waals surface area contributed by atoms with Crippen molar-refractivity contribution in [2.45, 2.75) is 81.4 Å². The molecule has 0 aliphatic heterocycles. The van der Waals surface area contributed by atoms with E-state index in [0.717, 1.165) is 29.5 Å². The Hall–Kier alpha value is -3.31. The van der Waals surface area contributed by atoms with Gasteiger partial charge in [-0.3, -0.25) is 0 Å². The molecule has 0 bridgehead atoms. The first-order valence-electron chi connectivity index (χ1n) is 13.1. The van der Waals surface area contributed by atoms with Crippen molar-refractivity contribution in [1.29, 1.82) is 0 Å². The number of benzene rings is 2. The number of aliphatic hydroxyl groups excluding tert-OH is 1.